The number of hydrogen-bond acceptors (Lipinski definition) is 5. The van der Waals surface area contributed by atoms with Crippen molar-refractivity contribution in [3.63, 3.8) is 0 Å². The maximum atomic E-state index is 13.7. The fraction of sp³-hybridized carbons (Fsp3) is 0.158. The lowest BCUT2D eigenvalue weighted by atomic mass is 10.2. The van der Waals surface area contributed by atoms with Crippen LogP contribution in [-0.4, -0.2) is 16.2 Å². The van der Waals surface area contributed by atoms with E-state index in [4.69, 9.17) is 16.3 Å². The second-order valence-electron chi connectivity index (χ2n) is 6.23. The number of fused-ring (bicyclic) bond motifs is 1. The molecule has 2 aromatic carbocycles. The van der Waals surface area contributed by atoms with Gasteiger partial charge >= 0.3 is 0 Å². The lowest BCUT2D eigenvalue weighted by Gasteiger charge is -2.11. The van der Waals surface area contributed by atoms with Gasteiger partial charge in [0, 0.05) is 11.6 Å². The van der Waals surface area contributed by atoms with Gasteiger partial charge in [0.2, 0.25) is 5.88 Å². The van der Waals surface area contributed by atoms with Crippen LogP contribution in [0.25, 0.3) is 0 Å². The van der Waals surface area contributed by atoms with Gasteiger partial charge in [0.15, 0.2) is 5.02 Å². The zero-order valence-corrected chi connectivity index (χ0v) is 15.3. The Kier molecular flexibility index (Phi) is 4.87. The van der Waals surface area contributed by atoms with Crippen molar-refractivity contribution >= 4 is 23.0 Å². The van der Waals surface area contributed by atoms with Crippen LogP contribution >= 0.6 is 11.6 Å². The van der Waals surface area contributed by atoms with Crippen molar-refractivity contribution in [2.24, 2.45) is 0 Å². The maximum absolute atomic E-state index is 13.7. The number of halogens is 3. The molecule has 0 fully saturated rings. The number of ether oxygens (including phenoxy) is 1. The van der Waals surface area contributed by atoms with E-state index in [-0.39, 0.29) is 29.6 Å². The monoisotopic (exact) mass is 404 g/mol. The molecule has 0 unspecified atom stereocenters. The summed E-state index contributed by atoms with van der Waals surface area (Å²) < 4.78 is 33.4. The predicted octanol–water partition coefficient (Wildman–Crippen LogP) is 3.60. The Morgan fingerprint density at radius 2 is 1.96 bits per heavy atom. The zero-order chi connectivity index (χ0) is 19.7. The molecule has 0 aliphatic carbocycles. The van der Waals surface area contributed by atoms with Crippen LogP contribution in [0, 0.1) is 11.6 Å². The molecule has 0 saturated carbocycles. The largest absolute Gasteiger partial charge is 0.471 e. The van der Waals surface area contributed by atoms with E-state index in [9.17, 15) is 13.6 Å². The van der Waals surface area contributed by atoms with Crippen molar-refractivity contribution in [2.45, 2.75) is 13.2 Å². The summed E-state index contributed by atoms with van der Waals surface area (Å²) in [5, 5.41) is 6.16. The summed E-state index contributed by atoms with van der Waals surface area (Å²) in [4.78, 5) is 16.6. The maximum Gasteiger partial charge on any atom is 0.276 e. The molecule has 0 bridgehead atoms. The van der Waals surface area contributed by atoms with Crippen molar-refractivity contribution < 1.29 is 13.5 Å². The Labute approximate surface area is 163 Å². The molecule has 0 saturated heterocycles. The normalized spacial score (nSPS) is 12.2. The van der Waals surface area contributed by atoms with Gasteiger partial charge in [-0.2, -0.15) is 0 Å². The van der Waals surface area contributed by atoms with E-state index in [0.717, 1.165) is 29.1 Å². The van der Waals surface area contributed by atoms with E-state index in [0.29, 0.717) is 6.67 Å². The lowest BCUT2D eigenvalue weighted by Crippen LogP contribution is -2.22. The van der Waals surface area contributed by atoms with Gasteiger partial charge in [-0.15, -0.1) is 0 Å². The number of nitrogens with one attached hydrogen (secondary N) is 2. The summed E-state index contributed by atoms with van der Waals surface area (Å²) in [6, 6.07) is 8.91. The third-order valence-corrected chi connectivity index (χ3v) is 4.65. The Bertz CT molecular complexity index is 1100. The molecule has 2 heterocycles. The Morgan fingerprint density at radius 1 is 1.14 bits per heavy atom. The summed E-state index contributed by atoms with van der Waals surface area (Å²) in [6.07, 6.45) is 1.32. The van der Waals surface area contributed by atoms with Crippen molar-refractivity contribution in [1.29, 1.82) is 0 Å². The first-order valence-corrected chi connectivity index (χ1v) is 8.81. The van der Waals surface area contributed by atoms with E-state index in [1.807, 2.05) is 18.2 Å². The molecule has 3 aromatic rings. The van der Waals surface area contributed by atoms with Gasteiger partial charge in [-0.05, 0) is 29.8 Å². The average Bonchev–Trinajstić information content (AvgIpc) is 3.14. The van der Waals surface area contributed by atoms with Crippen molar-refractivity contribution in [3.05, 3.63) is 80.9 Å². The molecule has 0 atom stereocenters. The Hall–Kier alpha value is -3.13. The molecule has 1 aromatic heterocycles. The second kappa shape index (κ2) is 7.47. The van der Waals surface area contributed by atoms with Crippen molar-refractivity contribution in [3.8, 4) is 5.88 Å². The van der Waals surface area contributed by atoms with Gasteiger partial charge in [-0.1, -0.05) is 17.7 Å². The number of hydrogen-bond donors (Lipinski definition) is 2. The molecule has 1 aliphatic heterocycles. The molecular formula is C19H15ClF2N4O2. The first-order chi connectivity index (χ1) is 13.5. The molecule has 2 N–H and O–H groups in total. The van der Waals surface area contributed by atoms with E-state index in [1.54, 1.807) is 0 Å². The highest BCUT2D eigenvalue weighted by atomic mass is 35.5. The van der Waals surface area contributed by atoms with Gasteiger partial charge in [0.25, 0.3) is 5.56 Å². The minimum atomic E-state index is -0.746. The van der Waals surface area contributed by atoms with Crippen molar-refractivity contribution in [2.75, 3.05) is 17.3 Å². The second-order valence-corrected chi connectivity index (χ2v) is 6.61. The molecule has 28 heavy (non-hydrogen) atoms. The fourth-order valence-electron chi connectivity index (χ4n) is 2.87. The fourth-order valence-corrected chi connectivity index (χ4v) is 3.08. The predicted molar refractivity (Wildman–Crippen MR) is 102 cm³/mol. The van der Waals surface area contributed by atoms with Crippen LogP contribution < -0.4 is 20.9 Å². The number of rotatable bonds is 5. The average molecular weight is 405 g/mol. The Morgan fingerprint density at radius 3 is 2.79 bits per heavy atom. The SMILES string of the molecule is O=c1c(Cl)c(OCc2ccc(F)cc2F)ncn1Cc1ccc2c(c1)NCN2. The number of anilines is 2. The number of aromatic nitrogens is 2. The summed E-state index contributed by atoms with van der Waals surface area (Å²) in [5.74, 6) is -1.53. The van der Waals surface area contributed by atoms with Crippen LogP contribution in [-0.2, 0) is 13.2 Å². The van der Waals surface area contributed by atoms with E-state index in [2.05, 4.69) is 15.6 Å². The molecule has 0 spiro atoms. The standard InChI is InChI=1S/C19H15ClF2N4O2/c20-17-18(28-8-12-2-3-13(21)6-14(12)22)25-10-26(19(17)27)7-11-1-4-15-16(5-11)24-9-23-15/h1-6,10,23-24H,7-9H2. The van der Waals surface area contributed by atoms with Gasteiger partial charge < -0.3 is 15.4 Å². The van der Waals surface area contributed by atoms with E-state index >= 15 is 0 Å². The quantitative estimate of drug-likeness (QED) is 0.680. The topological polar surface area (TPSA) is 68.2 Å². The molecular weight excluding hydrogens is 390 g/mol. The molecule has 0 amide bonds. The van der Waals surface area contributed by atoms with Gasteiger partial charge in [0.05, 0.1) is 24.6 Å². The molecule has 9 heteroatoms. The van der Waals surface area contributed by atoms with Crippen LogP contribution in [0.3, 0.4) is 0 Å². The summed E-state index contributed by atoms with van der Waals surface area (Å²) in [6.45, 7) is 0.714. The third kappa shape index (κ3) is 3.63. The highest BCUT2D eigenvalue weighted by Gasteiger charge is 2.14. The van der Waals surface area contributed by atoms with Crippen LogP contribution in [0.1, 0.15) is 11.1 Å². The smallest absolute Gasteiger partial charge is 0.276 e. The van der Waals surface area contributed by atoms with Crippen LogP contribution in [0.15, 0.2) is 47.5 Å². The van der Waals surface area contributed by atoms with Gasteiger partial charge in [0.1, 0.15) is 24.6 Å². The molecule has 0 radical (unpaired) electrons. The Balaban J connectivity index is 1.51. The number of nitrogens with zero attached hydrogens (tertiary/aromatic N) is 2. The van der Waals surface area contributed by atoms with Crippen LogP contribution in [0.4, 0.5) is 20.2 Å². The first kappa shape index (κ1) is 18.2. The van der Waals surface area contributed by atoms with Crippen LogP contribution in [0.5, 0.6) is 5.88 Å². The number of benzene rings is 2. The highest BCUT2D eigenvalue weighted by Crippen LogP contribution is 2.27. The third-order valence-electron chi connectivity index (χ3n) is 4.32. The van der Waals surface area contributed by atoms with E-state index < -0.39 is 17.2 Å². The summed E-state index contributed by atoms with van der Waals surface area (Å²) in [7, 11) is 0. The van der Waals surface area contributed by atoms with E-state index in [1.165, 1.54) is 17.0 Å². The molecule has 4 rings (SSSR count). The minimum absolute atomic E-state index is 0.105. The summed E-state index contributed by atoms with van der Waals surface area (Å²) >= 11 is 6.09. The summed E-state index contributed by atoms with van der Waals surface area (Å²) in [5.41, 5.74) is 2.52. The molecule has 1 aliphatic rings. The zero-order valence-electron chi connectivity index (χ0n) is 14.5. The highest BCUT2D eigenvalue weighted by molar-refractivity contribution is 6.31. The molecule has 6 nitrogen and oxygen atoms in total. The van der Waals surface area contributed by atoms with Gasteiger partial charge in [-0.25, -0.2) is 13.8 Å². The first-order valence-electron chi connectivity index (χ1n) is 8.43. The molecule has 144 valence electrons. The van der Waals surface area contributed by atoms with Crippen LogP contribution in [0.2, 0.25) is 5.02 Å². The minimum Gasteiger partial charge on any atom is -0.471 e. The lowest BCUT2D eigenvalue weighted by molar-refractivity contribution is 0.286. The van der Waals surface area contributed by atoms with Gasteiger partial charge in [-0.3, -0.25) is 9.36 Å². The van der Waals surface area contributed by atoms with Crippen molar-refractivity contribution in [1.82, 2.24) is 9.55 Å².